The molecule has 10 heteroatoms. The van der Waals surface area contributed by atoms with Gasteiger partial charge in [0.15, 0.2) is 17.5 Å². The number of hydrogen-bond donors (Lipinski definition) is 2. The molecule has 2 N–H and O–H groups in total. The van der Waals surface area contributed by atoms with Crippen LogP contribution in [0.5, 0.6) is 0 Å². The Balaban J connectivity index is 1.86. The maximum absolute atomic E-state index is 13.4. The first-order chi connectivity index (χ1) is 13.8. The fourth-order valence-electron chi connectivity index (χ4n) is 5.24. The van der Waals surface area contributed by atoms with Crippen molar-refractivity contribution in [2.45, 2.75) is 69.6 Å². The topological polar surface area (TPSA) is 134 Å². The van der Waals surface area contributed by atoms with E-state index in [4.69, 9.17) is 9.47 Å². The maximum Gasteiger partial charge on any atom is 0.303 e. The van der Waals surface area contributed by atoms with Gasteiger partial charge in [-0.2, -0.15) is 0 Å². The number of esters is 1. The highest BCUT2D eigenvalue weighted by Gasteiger charge is 2.76. The molecule has 1 saturated carbocycles. The molecule has 3 aliphatic heterocycles. The molecule has 1 aliphatic carbocycles. The highest BCUT2D eigenvalue weighted by molar-refractivity contribution is 6.06. The number of ether oxygens (including phenoxy) is 2. The van der Waals surface area contributed by atoms with Crippen molar-refractivity contribution in [3.63, 3.8) is 0 Å². The molecule has 4 rings (SSSR count). The molecule has 2 amide bonds. The summed E-state index contributed by atoms with van der Waals surface area (Å²) in [7, 11) is 1.39. The van der Waals surface area contributed by atoms with Gasteiger partial charge in [-0.1, -0.05) is 13.8 Å². The SMILES string of the molecule is CC(=O)OC1C2(CC3N4C(=O)C(CO)N(C)C(=O)C4=CC31O)OC(C)C(C)(C)C2=O. The predicted molar refractivity (Wildman–Crippen MR) is 99.5 cm³/mol. The van der Waals surface area contributed by atoms with Crippen LogP contribution in [-0.4, -0.2) is 92.7 Å². The van der Waals surface area contributed by atoms with E-state index in [9.17, 15) is 29.4 Å². The van der Waals surface area contributed by atoms with Crippen molar-refractivity contribution in [1.29, 1.82) is 0 Å². The third-order valence-corrected chi connectivity index (χ3v) is 7.17. The van der Waals surface area contributed by atoms with E-state index in [0.29, 0.717) is 0 Å². The number of piperazine rings is 1. The largest absolute Gasteiger partial charge is 0.455 e. The number of hydrogen-bond acceptors (Lipinski definition) is 8. The molecule has 164 valence electrons. The number of likely N-dealkylation sites (N-methyl/N-ethyl adjacent to an activating group) is 1. The number of nitrogens with zero attached hydrogens (tertiary/aromatic N) is 2. The van der Waals surface area contributed by atoms with E-state index in [0.717, 1.165) is 16.7 Å². The summed E-state index contributed by atoms with van der Waals surface area (Å²) < 4.78 is 11.5. The summed E-state index contributed by atoms with van der Waals surface area (Å²) in [6.45, 7) is 5.72. The lowest BCUT2D eigenvalue weighted by Gasteiger charge is -2.40. The van der Waals surface area contributed by atoms with Crippen LogP contribution < -0.4 is 0 Å². The Labute approximate surface area is 173 Å². The summed E-state index contributed by atoms with van der Waals surface area (Å²) in [5.74, 6) is -2.20. The summed E-state index contributed by atoms with van der Waals surface area (Å²) in [5, 5.41) is 21.3. The Bertz CT molecular complexity index is 897. The number of fused-ring (bicyclic) bond motifs is 3. The van der Waals surface area contributed by atoms with Crippen molar-refractivity contribution < 1.29 is 38.9 Å². The van der Waals surface area contributed by atoms with Gasteiger partial charge in [0.05, 0.1) is 24.2 Å². The second kappa shape index (κ2) is 6.12. The zero-order valence-corrected chi connectivity index (χ0v) is 17.5. The van der Waals surface area contributed by atoms with Crippen LogP contribution in [0.2, 0.25) is 0 Å². The Kier molecular flexibility index (Phi) is 4.27. The van der Waals surface area contributed by atoms with E-state index < -0.39 is 65.3 Å². The number of rotatable bonds is 2. The minimum absolute atomic E-state index is 0.0653. The summed E-state index contributed by atoms with van der Waals surface area (Å²) in [4.78, 5) is 53.4. The van der Waals surface area contributed by atoms with Gasteiger partial charge in [-0.3, -0.25) is 24.1 Å². The number of amides is 2. The number of ketones is 1. The number of Topliss-reactive ketones (excluding diaryl/α,β-unsaturated/α-hetero) is 1. The first-order valence-corrected chi connectivity index (χ1v) is 9.89. The monoisotopic (exact) mass is 422 g/mol. The normalized spacial score (nSPS) is 42.0. The minimum Gasteiger partial charge on any atom is -0.455 e. The average Bonchev–Trinajstić information content (AvgIpc) is 3.13. The summed E-state index contributed by atoms with van der Waals surface area (Å²) >= 11 is 0. The Morgan fingerprint density at radius 3 is 2.47 bits per heavy atom. The first kappa shape index (κ1) is 21.0. The second-order valence-corrected chi connectivity index (χ2v) is 9.15. The van der Waals surface area contributed by atoms with Crippen molar-refractivity contribution in [3.8, 4) is 0 Å². The summed E-state index contributed by atoms with van der Waals surface area (Å²) in [6.07, 6.45) is -0.906. The molecule has 0 aromatic heterocycles. The van der Waals surface area contributed by atoms with Gasteiger partial charge in [0, 0.05) is 20.4 Å². The lowest BCUT2D eigenvalue weighted by atomic mass is 9.77. The minimum atomic E-state index is -1.99. The van der Waals surface area contributed by atoms with Gasteiger partial charge in [0.25, 0.3) is 11.8 Å². The molecule has 0 aromatic carbocycles. The van der Waals surface area contributed by atoms with Crippen LogP contribution in [-0.2, 0) is 28.7 Å². The van der Waals surface area contributed by atoms with E-state index in [1.165, 1.54) is 13.1 Å². The highest BCUT2D eigenvalue weighted by atomic mass is 16.6. The van der Waals surface area contributed by atoms with Crippen LogP contribution in [0.4, 0.5) is 0 Å². The number of carbonyl (C=O) groups excluding carboxylic acids is 4. The molecule has 1 spiro atoms. The number of aliphatic hydroxyl groups is 2. The highest BCUT2D eigenvalue weighted by Crippen LogP contribution is 2.57. The molecule has 0 radical (unpaired) electrons. The van der Waals surface area contributed by atoms with Crippen molar-refractivity contribution in [2.24, 2.45) is 5.41 Å². The van der Waals surface area contributed by atoms with Crippen LogP contribution in [0.25, 0.3) is 0 Å². The van der Waals surface area contributed by atoms with Gasteiger partial charge in [-0.05, 0) is 13.0 Å². The smallest absolute Gasteiger partial charge is 0.303 e. The van der Waals surface area contributed by atoms with Crippen molar-refractivity contribution >= 4 is 23.6 Å². The predicted octanol–water partition coefficient (Wildman–Crippen LogP) is -1.27. The number of aliphatic hydroxyl groups excluding tert-OH is 1. The standard InChI is InChI=1S/C20H26N2O8/c1-9-18(3,4)16(27)20(30-9)7-13-19(28,17(20)29-10(2)24)6-11-14(25)21(5)12(8-23)15(26)22(11)13/h6,9,12-13,17,23,28H,7-8H2,1-5H3. The van der Waals surface area contributed by atoms with Gasteiger partial charge in [0.2, 0.25) is 0 Å². The Hall–Kier alpha value is -2.30. The van der Waals surface area contributed by atoms with Gasteiger partial charge in [0.1, 0.15) is 17.3 Å². The van der Waals surface area contributed by atoms with E-state index in [-0.39, 0.29) is 17.9 Å². The molecule has 10 nitrogen and oxygen atoms in total. The molecule has 3 heterocycles. The van der Waals surface area contributed by atoms with Crippen LogP contribution in [0.15, 0.2) is 11.8 Å². The van der Waals surface area contributed by atoms with Crippen molar-refractivity contribution in [2.75, 3.05) is 13.7 Å². The molecule has 0 bridgehead atoms. The molecular formula is C20H26N2O8. The maximum atomic E-state index is 13.4. The van der Waals surface area contributed by atoms with Crippen LogP contribution in [0, 0.1) is 5.41 Å². The Morgan fingerprint density at radius 2 is 1.97 bits per heavy atom. The Morgan fingerprint density at radius 1 is 1.33 bits per heavy atom. The fraction of sp³-hybridized carbons (Fsp3) is 0.700. The summed E-state index contributed by atoms with van der Waals surface area (Å²) in [6, 6.07) is -2.17. The van der Waals surface area contributed by atoms with Crippen LogP contribution in [0.1, 0.15) is 34.1 Å². The van der Waals surface area contributed by atoms with Gasteiger partial charge >= 0.3 is 5.97 Å². The van der Waals surface area contributed by atoms with E-state index in [1.54, 1.807) is 20.8 Å². The molecule has 30 heavy (non-hydrogen) atoms. The van der Waals surface area contributed by atoms with Gasteiger partial charge in [-0.15, -0.1) is 0 Å². The first-order valence-electron chi connectivity index (χ1n) is 9.89. The van der Waals surface area contributed by atoms with Crippen LogP contribution >= 0.6 is 0 Å². The molecule has 2 saturated heterocycles. The molecule has 4 aliphatic rings. The van der Waals surface area contributed by atoms with E-state index >= 15 is 0 Å². The molecular weight excluding hydrogens is 396 g/mol. The molecule has 3 fully saturated rings. The fourth-order valence-corrected chi connectivity index (χ4v) is 5.24. The zero-order valence-electron chi connectivity index (χ0n) is 17.5. The summed E-state index contributed by atoms with van der Waals surface area (Å²) in [5.41, 5.74) is -4.62. The van der Waals surface area contributed by atoms with Gasteiger partial charge in [-0.25, -0.2) is 0 Å². The van der Waals surface area contributed by atoms with Gasteiger partial charge < -0.3 is 24.6 Å². The number of carbonyl (C=O) groups is 4. The second-order valence-electron chi connectivity index (χ2n) is 9.15. The third kappa shape index (κ3) is 2.29. The third-order valence-electron chi connectivity index (χ3n) is 7.17. The van der Waals surface area contributed by atoms with Crippen LogP contribution in [0.3, 0.4) is 0 Å². The zero-order chi connectivity index (χ0) is 22.4. The molecule has 6 unspecified atom stereocenters. The quantitative estimate of drug-likeness (QED) is 0.527. The van der Waals surface area contributed by atoms with E-state index in [1.807, 2.05) is 0 Å². The average molecular weight is 422 g/mol. The lowest BCUT2D eigenvalue weighted by Crippen LogP contribution is -2.61. The van der Waals surface area contributed by atoms with Crippen molar-refractivity contribution in [1.82, 2.24) is 9.80 Å². The van der Waals surface area contributed by atoms with Crippen molar-refractivity contribution in [3.05, 3.63) is 11.8 Å². The molecule has 0 aromatic rings. The lowest BCUT2D eigenvalue weighted by molar-refractivity contribution is -0.183. The molecule has 6 atom stereocenters. The van der Waals surface area contributed by atoms with E-state index in [2.05, 4.69) is 0 Å².